The van der Waals surface area contributed by atoms with Crippen LogP contribution in [0, 0.1) is 5.82 Å². The molecule has 1 aliphatic rings. The first-order valence-corrected chi connectivity index (χ1v) is 12.3. The van der Waals surface area contributed by atoms with Crippen LogP contribution in [0.4, 0.5) is 10.1 Å². The first-order chi connectivity index (χ1) is 16.3. The molecule has 0 unspecified atom stereocenters. The summed E-state index contributed by atoms with van der Waals surface area (Å²) in [5.74, 6) is -0.554. The maximum absolute atomic E-state index is 14.5. The van der Waals surface area contributed by atoms with Gasteiger partial charge in [0.25, 0.3) is 15.9 Å². The second-order valence-electron chi connectivity index (χ2n) is 8.10. The van der Waals surface area contributed by atoms with Crippen LogP contribution >= 0.6 is 0 Å². The lowest BCUT2D eigenvalue weighted by atomic mass is 10.1. The van der Waals surface area contributed by atoms with E-state index in [1.807, 2.05) is 6.07 Å². The van der Waals surface area contributed by atoms with Crippen LogP contribution in [0.25, 0.3) is 0 Å². The summed E-state index contributed by atoms with van der Waals surface area (Å²) in [6.07, 6.45) is 0. The van der Waals surface area contributed by atoms with Gasteiger partial charge in [0, 0.05) is 12.1 Å². The number of carbonyl (C=O) groups excluding carboxylic acids is 1. The maximum atomic E-state index is 14.5. The highest BCUT2D eigenvalue weighted by Crippen LogP contribution is 2.35. The third-order valence-corrected chi connectivity index (χ3v) is 6.94. The average molecular weight is 485 g/mol. The predicted molar refractivity (Wildman–Crippen MR) is 126 cm³/mol. The van der Waals surface area contributed by atoms with Crippen molar-refractivity contribution >= 4 is 21.6 Å². The number of fused-ring (bicyclic) bond motifs is 1. The summed E-state index contributed by atoms with van der Waals surface area (Å²) in [5.41, 5.74) is 0.650. The van der Waals surface area contributed by atoms with E-state index in [-0.39, 0.29) is 28.7 Å². The van der Waals surface area contributed by atoms with Gasteiger partial charge < -0.3 is 14.8 Å². The lowest BCUT2D eigenvalue weighted by Crippen LogP contribution is -2.33. The van der Waals surface area contributed by atoms with Gasteiger partial charge in [-0.15, -0.1) is 0 Å². The van der Waals surface area contributed by atoms with Gasteiger partial charge in [0.1, 0.15) is 19.0 Å². The summed E-state index contributed by atoms with van der Waals surface area (Å²) in [5, 5.41) is 2.64. The molecule has 0 fully saturated rings. The largest absolute Gasteiger partial charge is 0.486 e. The minimum Gasteiger partial charge on any atom is -0.486 e. The van der Waals surface area contributed by atoms with Gasteiger partial charge in [-0.3, -0.25) is 9.10 Å². The van der Waals surface area contributed by atoms with Crippen molar-refractivity contribution in [1.29, 1.82) is 0 Å². The Kier molecular flexibility index (Phi) is 6.74. The fourth-order valence-corrected chi connectivity index (χ4v) is 5.02. The predicted octanol–water partition coefficient (Wildman–Crippen LogP) is 4.13. The van der Waals surface area contributed by atoms with Crippen molar-refractivity contribution in [2.75, 3.05) is 17.5 Å². The molecule has 0 radical (unpaired) electrons. The third kappa shape index (κ3) is 4.99. The van der Waals surface area contributed by atoms with E-state index in [0.717, 1.165) is 15.9 Å². The molecule has 0 aliphatic carbocycles. The molecule has 3 aromatic carbocycles. The monoisotopic (exact) mass is 484 g/mol. The van der Waals surface area contributed by atoms with Crippen molar-refractivity contribution in [2.45, 2.75) is 31.3 Å². The SMILES string of the molecule is CC(C)NC(=O)c1cc(N(Cc2ccccc2)S(=O)(=O)c2ccc3c(c2)OCCO3)ccc1F. The minimum atomic E-state index is -4.12. The highest BCUT2D eigenvalue weighted by Gasteiger charge is 2.28. The van der Waals surface area contributed by atoms with Crippen LogP contribution < -0.4 is 19.1 Å². The smallest absolute Gasteiger partial charge is 0.264 e. The fraction of sp³-hybridized carbons (Fsp3) is 0.240. The molecule has 34 heavy (non-hydrogen) atoms. The Balaban J connectivity index is 1.79. The number of sulfonamides is 1. The van der Waals surface area contributed by atoms with Gasteiger partial charge in [-0.1, -0.05) is 30.3 Å². The standard InChI is InChI=1S/C25H25FN2O5S/c1-17(2)27-25(29)21-14-19(8-10-22(21)26)28(16-18-6-4-3-5-7-18)34(30,31)20-9-11-23-24(15-20)33-13-12-32-23/h3-11,14-15,17H,12-13,16H2,1-2H3,(H,27,29). The minimum absolute atomic E-state index is 0.00909. The molecule has 1 aliphatic heterocycles. The number of hydrogen-bond acceptors (Lipinski definition) is 5. The van der Waals surface area contributed by atoms with Crippen molar-refractivity contribution in [3.05, 3.63) is 83.7 Å². The molecule has 4 rings (SSSR count). The summed E-state index contributed by atoms with van der Waals surface area (Å²) in [4.78, 5) is 12.5. The molecule has 1 N–H and O–H groups in total. The van der Waals surface area contributed by atoms with Gasteiger partial charge in [-0.2, -0.15) is 0 Å². The normalized spacial score (nSPS) is 12.9. The van der Waals surface area contributed by atoms with E-state index in [4.69, 9.17) is 9.47 Å². The first kappa shape index (κ1) is 23.6. The van der Waals surface area contributed by atoms with Crippen LogP contribution in [0.5, 0.6) is 11.5 Å². The van der Waals surface area contributed by atoms with E-state index in [9.17, 15) is 17.6 Å². The number of carbonyl (C=O) groups is 1. The molecule has 1 heterocycles. The molecule has 0 saturated carbocycles. The molecule has 0 saturated heterocycles. The zero-order chi connectivity index (χ0) is 24.3. The van der Waals surface area contributed by atoms with Crippen LogP contribution in [0.1, 0.15) is 29.8 Å². The van der Waals surface area contributed by atoms with E-state index in [2.05, 4.69) is 5.32 Å². The maximum Gasteiger partial charge on any atom is 0.264 e. The number of nitrogens with zero attached hydrogens (tertiary/aromatic N) is 1. The number of amides is 1. The summed E-state index contributed by atoms with van der Waals surface area (Å²) in [7, 11) is -4.12. The molecule has 0 spiro atoms. The summed E-state index contributed by atoms with van der Waals surface area (Å²) in [6.45, 7) is 4.20. The molecule has 9 heteroatoms. The van der Waals surface area contributed by atoms with Gasteiger partial charge in [-0.25, -0.2) is 12.8 Å². The molecule has 3 aromatic rings. The van der Waals surface area contributed by atoms with E-state index in [1.54, 1.807) is 44.2 Å². The Morgan fingerprint density at radius 1 is 1.00 bits per heavy atom. The van der Waals surface area contributed by atoms with Crippen LogP contribution in [-0.4, -0.2) is 33.6 Å². The molecular weight excluding hydrogens is 459 g/mol. The fourth-order valence-electron chi connectivity index (χ4n) is 3.56. The lowest BCUT2D eigenvalue weighted by molar-refractivity contribution is 0.0939. The summed E-state index contributed by atoms with van der Waals surface area (Å²) in [6, 6.07) is 16.9. The average Bonchev–Trinajstić information content (AvgIpc) is 2.83. The Morgan fingerprint density at radius 3 is 2.41 bits per heavy atom. The van der Waals surface area contributed by atoms with E-state index in [0.29, 0.717) is 24.7 Å². The van der Waals surface area contributed by atoms with E-state index < -0.39 is 21.7 Å². The van der Waals surface area contributed by atoms with Gasteiger partial charge in [0.2, 0.25) is 0 Å². The van der Waals surface area contributed by atoms with Crippen molar-refractivity contribution < 1.29 is 27.1 Å². The lowest BCUT2D eigenvalue weighted by Gasteiger charge is -2.26. The Hall–Kier alpha value is -3.59. The molecular formula is C25H25FN2O5S. The van der Waals surface area contributed by atoms with Crippen LogP contribution in [0.3, 0.4) is 0 Å². The molecule has 0 bridgehead atoms. The van der Waals surface area contributed by atoms with Crippen molar-refractivity contribution in [3.8, 4) is 11.5 Å². The third-order valence-electron chi connectivity index (χ3n) is 5.17. The number of hydrogen-bond donors (Lipinski definition) is 1. The van der Waals surface area contributed by atoms with Gasteiger partial charge >= 0.3 is 0 Å². The van der Waals surface area contributed by atoms with Crippen LogP contribution in [-0.2, 0) is 16.6 Å². The van der Waals surface area contributed by atoms with E-state index >= 15 is 0 Å². The molecule has 7 nitrogen and oxygen atoms in total. The topological polar surface area (TPSA) is 84.9 Å². The van der Waals surface area contributed by atoms with Gasteiger partial charge in [0.05, 0.1) is 22.7 Å². The first-order valence-electron chi connectivity index (χ1n) is 10.8. The highest BCUT2D eigenvalue weighted by molar-refractivity contribution is 7.92. The number of anilines is 1. The molecule has 0 atom stereocenters. The molecule has 1 amide bonds. The number of benzene rings is 3. The Labute approximate surface area is 198 Å². The zero-order valence-corrected chi connectivity index (χ0v) is 19.6. The highest BCUT2D eigenvalue weighted by atomic mass is 32.2. The Bertz CT molecular complexity index is 1300. The Morgan fingerprint density at radius 2 is 1.71 bits per heavy atom. The van der Waals surface area contributed by atoms with Crippen LogP contribution in [0.15, 0.2) is 71.6 Å². The van der Waals surface area contributed by atoms with E-state index in [1.165, 1.54) is 24.3 Å². The van der Waals surface area contributed by atoms with Gasteiger partial charge in [0.15, 0.2) is 11.5 Å². The number of ether oxygens (including phenoxy) is 2. The summed E-state index contributed by atoms with van der Waals surface area (Å²) < 4.78 is 54.3. The summed E-state index contributed by atoms with van der Waals surface area (Å²) >= 11 is 0. The molecule has 178 valence electrons. The number of halogens is 1. The van der Waals surface area contributed by atoms with Crippen molar-refractivity contribution in [3.63, 3.8) is 0 Å². The number of nitrogens with one attached hydrogen (secondary N) is 1. The quantitative estimate of drug-likeness (QED) is 0.545. The number of rotatable bonds is 7. The van der Waals surface area contributed by atoms with Crippen molar-refractivity contribution in [2.24, 2.45) is 0 Å². The zero-order valence-electron chi connectivity index (χ0n) is 18.8. The second-order valence-corrected chi connectivity index (χ2v) is 9.96. The van der Waals surface area contributed by atoms with Crippen molar-refractivity contribution in [1.82, 2.24) is 5.32 Å². The molecule has 0 aromatic heterocycles. The van der Waals surface area contributed by atoms with Gasteiger partial charge in [-0.05, 0) is 49.7 Å². The van der Waals surface area contributed by atoms with Crippen LogP contribution in [0.2, 0.25) is 0 Å². The second kappa shape index (κ2) is 9.72.